The van der Waals surface area contributed by atoms with Crippen LogP contribution in [0.1, 0.15) is 88.5 Å². The molecule has 0 unspecified atom stereocenters. The molecule has 330 valence electrons. The van der Waals surface area contributed by atoms with Crippen LogP contribution < -0.4 is 34.9 Å². The third kappa shape index (κ3) is 13.3. The molecule has 63 heavy (non-hydrogen) atoms. The Bertz CT molecular complexity index is 2430. The lowest BCUT2D eigenvalue weighted by Gasteiger charge is -2.18. The van der Waals surface area contributed by atoms with E-state index in [1.165, 1.54) is 67.8 Å². The molecule has 15 nitrogen and oxygen atoms in total. The number of nitro benzene ring substituents is 1. The monoisotopic (exact) mass is 860 g/mol. The number of benzene rings is 5. The number of anilines is 3. The molecule has 3 amide bonds. The average Bonchev–Trinajstić information content (AvgIpc) is 3.26. The summed E-state index contributed by atoms with van der Waals surface area (Å²) in [6, 6.07) is 26.7. The van der Waals surface area contributed by atoms with E-state index in [-0.39, 0.29) is 88.5 Å². The zero-order valence-electron chi connectivity index (χ0n) is 36.3. The first-order valence-electron chi connectivity index (χ1n) is 20.4. The third-order valence-corrected chi connectivity index (χ3v) is 9.01. The highest BCUT2D eigenvalue weighted by atomic mass is 16.6. The smallest absolute Gasteiger partial charge is 0.337 e. The van der Waals surface area contributed by atoms with Crippen LogP contribution in [0, 0.1) is 27.9 Å². The number of nitrogens with one attached hydrogen (secondary N) is 3. The zero-order chi connectivity index (χ0) is 45.6. The van der Waals surface area contributed by atoms with Crippen LogP contribution in [0.25, 0.3) is 0 Å². The summed E-state index contributed by atoms with van der Waals surface area (Å²) in [5.74, 6) is -1.08. The van der Waals surface area contributed by atoms with Gasteiger partial charge in [-0.05, 0) is 84.0 Å². The number of esters is 1. The molecule has 0 fully saturated rings. The fourth-order valence-corrected chi connectivity index (χ4v) is 5.77. The molecule has 0 atom stereocenters. The first kappa shape index (κ1) is 46.6. The van der Waals surface area contributed by atoms with Crippen LogP contribution in [-0.4, -0.2) is 55.5 Å². The molecule has 0 saturated carbocycles. The lowest BCUT2D eigenvalue weighted by molar-refractivity contribution is -0.385. The molecule has 5 aromatic carbocycles. The van der Waals surface area contributed by atoms with Gasteiger partial charge < -0.3 is 39.6 Å². The van der Waals surface area contributed by atoms with Gasteiger partial charge in [-0.15, -0.1) is 0 Å². The molecular weight excluding hydrogens is 809 g/mol. The minimum absolute atomic E-state index is 0.0549. The number of carbonyl (C=O) groups excluding carboxylic acids is 4. The Kier molecular flexibility index (Phi) is 16.2. The van der Waals surface area contributed by atoms with Crippen molar-refractivity contribution in [3.8, 4) is 23.0 Å². The summed E-state index contributed by atoms with van der Waals surface area (Å²) in [5.41, 5.74) is 2.19. The van der Waals surface area contributed by atoms with Crippen LogP contribution in [0.2, 0.25) is 0 Å². The van der Waals surface area contributed by atoms with Crippen LogP contribution in [0.15, 0.2) is 103 Å². The van der Waals surface area contributed by atoms with Crippen LogP contribution in [0.5, 0.6) is 23.0 Å². The first-order valence-corrected chi connectivity index (χ1v) is 20.4. The van der Waals surface area contributed by atoms with E-state index in [0.717, 1.165) is 5.56 Å². The van der Waals surface area contributed by atoms with Crippen molar-refractivity contribution in [2.45, 2.75) is 48.1 Å². The van der Waals surface area contributed by atoms with Crippen molar-refractivity contribution in [1.82, 2.24) is 0 Å². The highest BCUT2D eigenvalue weighted by Crippen LogP contribution is 2.34. The zero-order valence-corrected chi connectivity index (χ0v) is 36.3. The van der Waals surface area contributed by atoms with Crippen LogP contribution >= 0.6 is 0 Å². The van der Waals surface area contributed by atoms with Gasteiger partial charge in [-0.25, -0.2) is 4.79 Å². The molecule has 0 aliphatic heterocycles. The fraction of sp³-hybridized carbons (Fsp3) is 0.292. The number of hydrogen-bond acceptors (Lipinski definition) is 11. The Hall–Kier alpha value is -7.42. The lowest BCUT2D eigenvalue weighted by Crippen LogP contribution is -2.18. The Morgan fingerprint density at radius 2 is 0.905 bits per heavy atom. The van der Waals surface area contributed by atoms with E-state index < -0.39 is 28.6 Å². The Labute approximate surface area is 366 Å². The summed E-state index contributed by atoms with van der Waals surface area (Å²) in [6.45, 7) is 12.7. The van der Waals surface area contributed by atoms with E-state index in [0.29, 0.717) is 23.7 Å². The molecule has 0 spiro atoms. The van der Waals surface area contributed by atoms with Gasteiger partial charge in [0.05, 0.1) is 54.5 Å². The van der Waals surface area contributed by atoms with Crippen LogP contribution in [-0.2, 0) is 11.3 Å². The number of amides is 3. The molecule has 0 aliphatic carbocycles. The molecule has 0 saturated heterocycles. The third-order valence-electron chi connectivity index (χ3n) is 9.01. The van der Waals surface area contributed by atoms with E-state index in [2.05, 4.69) is 16.0 Å². The van der Waals surface area contributed by atoms with E-state index in [1.54, 1.807) is 12.1 Å². The predicted octanol–water partition coefficient (Wildman–Crippen LogP) is 9.82. The van der Waals surface area contributed by atoms with E-state index in [4.69, 9.17) is 23.7 Å². The fourth-order valence-electron chi connectivity index (χ4n) is 5.77. The molecule has 5 rings (SSSR count). The second-order valence-electron chi connectivity index (χ2n) is 15.8. The quantitative estimate of drug-likeness (QED) is 0.0383. The lowest BCUT2D eigenvalue weighted by atomic mass is 10.1. The van der Waals surface area contributed by atoms with Crippen LogP contribution in [0.4, 0.5) is 22.7 Å². The number of hydrogen-bond donors (Lipinski definition) is 3. The number of rotatable bonds is 20. The molecule has 0 aliphatic rings. The minimum Gasteiger partial charge on any atom is -0.491 e. The highest BCUT2D eigenvalue weighted by molar-refractivity contribution is 6.09. The summed E-state index contributed by atoms with van der Waals surface area (Å²) in [7, 11) is 1.28. The molecule has 5 aromatic rings. The van der Waals surface area contributed by atoms with Crippen molar-refractivity contribution in [2.24, 2.45) is 17.8 Å². The SMILES string of the molecule is COC(=O)c1ccc(NC(=O)c2ccc(NC(=O)c3ccc(NC(=O)c4ccc([N+](=O)[O-])c(OCc5ccccc5)c4)c(OCC(C)C)c3)c(OCC(C)C)c2)c(OCC(C)C)c1. The van der Waals surface area contributed by atoms with Gasteiger partial charge >= 0.3 is 11.7 Å². The van der Waals surface area contributed by atoms with E-state index in [1.807, 2.05) is 71.9 Å². The van der Waals surface area contributed by atoms with Crippen LogP contribution in [0.3, 0.4) is 0 Å². The van der Waals surface area contributed by atoms with Crippen molar-refractivity contribution >= 4 is 46.4 Å². The normalized spacial score (nSPS) is 10.9. The second-order valence-corrected chi connectivity index (χ2v) is 15.8. The molecule has 0 radical (unpaired) electrons. The number of carbonyl (C=O) groups is 4. The number of methoxy groups -OCH3 is 1. The molecule has 15 heteroatoms. The number of nitro groups is 1. The summed E-state index contributed by atoms with van der Waals surface area (Å²) in [5, 5.41) is 20.3. The van der Waals surface area contributed by atoms with Gasteiger partial charge in [-0.3, -0.25) is 24.5 Å². The van der Waals surface area contributed by atoms with Crippen molar-refractivity contribution in [3.05, 3.63) is 141 Å². The van der Waals surface area contributed by atoms with Crippen molar-refractivity contribution in [1.29, 1.82) is 0 Å². The summed E-state index contributed by atoms with van der Waals surface area (Å²) < 4.78 is 28.7. The highest BCUT2D eigenvalue weighted by Gasteiger charge is 2.22. The topological polar surface area (TPSA) is 194 Å². The van der Waals surface area contributed by atoms with Gasteiger partial charge in [0.1, 0.15) is 23.9 Å². The van der Waals surface area contributed by atoms with Crippen molar-refractivity contribution in [2.75, 3.05) is 42.9 Å². The number of nitrogens with zero attached hydrogens (tertiary/aromatic N) is 1. The summed E-state index contributed by atoms with van der Waals surface area (Å²) in [4.78, 5) is 64.5. The standard InChI is InChI=1S/C48H52N4O11/c1-29(2)25-60-41-22-34(46(54)51-39-19-15-36(48(56)59-7)24-43(39)62-27-31(5)6)13-17-37(41)49-45(53)33-14-18-38(42(21-33)61-26-30(3)4)50-47(55)35-16-20-40(52(57)58)44(23-35)63-28-32-11-9-8-10-12-32/h8-24,29-31H,25-28H2,1-7H3,(H,49,53)(H,50,55)(H,51,54). The molecule has 0 heterocycles. The van der Waals surface area contributed by atoms with Gasteiger partial charge in [-0.2, -0.15) is 0 Å². The largest absolute Gasteiger partial charge is 0.491 e. The molecule has 0 aromatic heterocycles. The van der Waals surface area contributed by atoms with E-state index in [9.17, 15) is 29.3 Å². The maximum Gasteiger partial charge on any atom is 0.337 e. The Balaban J connectivity index is 1.37. The summed E-state index contributed by atoms with van der Waals surface area (Å²) >= 11 is 0. The Morgan fingerprint density at radius 1 is 0.524 bits per heavy atom. The minimum atomic E-state index is -0.588. The van der Waals surface area contributed by atoms with Gasteiger partial charge in [0, 0.05) is 28.8 Å². The maximum absolute atomic E-state index is 13.8. The van der Waals surface area contributed by atoms with E-state index >= 15 is 0 Å². The molecular formula is C48H52N4O11. The predicted molar refractivity (Wildman–Crippen MR) is 239 cm³/mol. The maximum atomic E-state index is 13.8. The second kappa shape index (κ2) is 21.9. The van der Waals surface area contributed by atoms with Gasteiger partial charge in [0.15, 0.2) is 5.75 Å². The van der Waals surface area contributed by atoms with Gasteiger partial charge in [0.25, 0.3) is 17.7 Å². The molecule has 3 N–H and O–H groups in total. The Morgan fingerprint density at radius 3 is 1.30 bits per heavy atom. The first-order chi connectivity index (χ1) is 30.1. The molecule has 0 bridgehead atoms. The van der Waals surface area contributed by atoms with Crippen molar-refractivity contribution < 1.29 is 47.8 Å². The number of ether oxygens (including phenoxy) is 5. The van der Waals surface area contributed by atoms with Gasteiger partial charge in [-0.1, -0.05) is 71.9 Å². The average molecular weight is 861 g/mol. The van der Waals surface area contributed by atoms with Gasteiger partial charge in [0.2, 0.25) is 0 Å². The van der Waals surface area contributed by atoms with Crippen molar-refractivity contribution in [3.63, 3.8) is 0 Å². The summed E-state index contributed by atoms with van der Waals surface area (Å²) in [6.07, 6.45) is 0.